The zero-order valence-electron chi connectivity index (χ0n) is 19.5. The van der Waals surface area contributed by atoms with E-state index in [1.54, 1.807) is 31.6 Å². The molecule has 0 N–H and O–H groups in total. The van der Waals surface area contributed by atoms with Crippen LogP contribution in [0, 0.1) is 0 Å². The van der Waals surface area contributed by atoms with Crippen molar-refractivity contribution in [1.29, 1.82) is 0 Å². The van der Waals surface area contributed by atoms with E-state index in [2.05, 4.69) is 4.99 Å². The molecule has 3 aromatic rings. The van der Waals surface area contributed by atoms with E-state index in [9.17, 15) is 9.59 Å². The van der Waals surface area contributed by atoms with E-state index < -0.39 is 12.0 Å². The highest BCUT2D eigenvalue weighted by molar-refractivity contribution is 7.07. The highest BCUT2D eigenvalue weighted by atomic mass is 32.1. The van der Waals surface area contributed by atoms with Gasteiger partial charge in [-0.1, -0.05) is 47.7 Å². The molecule has 7 nitrogen and oxygen atoms in total. The predicted molar refractivity (Wildman–Crippen MR) is 131 cm³/mol. The molecule has 176 valence electrons. The van der Waals surface area contributed by atoms with Crippen molar-refractivity contribution in [1.82, 2.24) is 4.57 Å². The summed E-state index contributed by atoms with van der Waals surface area (Å²) in [5.41, 5.74) is 2.30. The van der Waals surface area contributed by atoms with Gasteiger partial charge < -0.3 is 14.2 Å². The van der Waals surface area contributed by atoms with Crippen molar-refractivity contribution < 1.29 is 19.0 Å². The lowest BCUT2D eigenvalue weighted by Crippen LogP contribution is -2.39. The molecule has 8 heteroatoms. The number of rotatable bonds is 7. The smallest absolute Gasteiger partial charge is 0.338 e. The van der Waals surface area contributed by atoms with Gasteiger partial charge in [-0.25, -0.2) is 9.79 Å². The number of methoxy groups -OCH3 is 1. The number of allylic oxidation sites excluding steroid dienone is 1. The second-order valence-electron chi connectivity index (χ2n) is 7.56. The second-order valence-corrected chi connectivity index (χ2v) is 8.57. The molecule has 4 rings (SSSR count). The Morgan fingerprint density at radius 3 is 2.56 bits per heavy atom. The third kappa shape index (κ3) is 4.41. The molecule has 2 aromatic carbocycles. The maximum absolute atomic E-state index is 13.6. The number of esters is 1. The zero-order valence-corrected chi connectivity index (χ0v) is 20.3. The van der Waals surface area contributed by atoms with Crippen LogP contribution in [0.25, 0.3) is 6.08 Å². The molecular weight excluding hydrogens is 452 g/mol. The number of benzene rings is 2. The molecule has 0 saturated carbocycles. The van der Waals surface area contributed by atoms with Gasteiger partial charge >= 0.3 is 5.97 Å². The first-order chi connectivity index (χ1) is 16.5. The van der Waals surface area contributed by atoms with Crippen molar-refractivity contribution in [3.63, 3.8) is 0 Å². The first-order valence-corrected chi connectivity index (χ1v) is 11.9. The minimum absolute atomic E-state index is 0.222. The number of aromatic nitrogens is 1. The average molecular weight is 479 g/mol. The van der Waals surface area contributed by atoms with Crippen molar-refractivity contribution in [2.75, 3.05) is 20.3 Å². The van der Waals surface area contributed by atoms with E-state index in [1.807, 2.05) is 55.5 Å². The normalized spacial score (nSPS) is 15.5. The molecular formula is C26H26N2O5S. The summed E-state index contributed by atoms with van der Waals surface area (Å²) in [6.07, 6.45) is 1.80. The molecule has 0 spiro atoms. The van der Waals surface area contributed by atoms with Crippen molar-refractivity contribution in [2.24, 2.45) is 4.99 Å². The highest BCUT2D eigenvalue weighted by Gasteiger charge is 2.33. The standard InChI is InChI=1S/C26H26N2O5S/c1-5-32-19-13-12-17(14-20(19)31-4)15-21-24(29)28-23(18-10-8-7-9-11-18)22(25(30)33-6-2)16(3)27-26(28)34-21/h7-15,23H,5-6H2,1-4H3/b21-15-/t23-/m1/s1. The monoisotopic (exact) mass is 478 g/mol. The Bertz CT molecular complexity index is 1420. The van der Waals surface area contributed by atoms with Gasteiger partial charge in [-0.3, -0.25) is 9.36 Å². The Balaban J connectivity index is 1.89. The third-order valence-corrected chi connectivity index (χ3v) is 6.40. The Hall–Kier alpha value is -3.65. The van der Waals surface area contributed by atoms with Crippen molar-refractivity contribution >= 4 is 23.4 Å². The molecule has 1 aliphatic heterocycles. The predicted octanol–water partition coefficient (Wildman–Crippen LogP) is 3.21. The molecule has 0 amide bonds. The number of carbonyl (C=O) groups is 1. The van der Waals surface area contributed by atoms with Gasteiger partial charge in [0.05, 0.1) is 42.2 Å². The SMILES string of the molecule is CCOC(=O)C1=C(C)N=c2s/c(=C\c3ccc(OCC)c(OC)c3)c(=O)n2[C@@H]1c1ccccc1. The van der Waals surface area contributed by atoms with Gasteiger partial charge in [0.15, 0.2) is 16.3 Å². The molecule has 0 unspecified atom stereocenters. The van der Waals surface area contributed by atoms with Crippen LogP contribution in [0.2, 0.25) is 0 Å². The van der Waals surface area contributed by atoms with E-state index in [0.717, 1.165) is 11.1 Å². The van der Waals surface area contributed by atoms with Crippen LogP contribution in [-0.4, -0.2) is 30.9 Å². The number of thiazole rings is 1. The topological polar surface area (TPSA) is 79.1 Å². The van der Waals surface area contributed by atoms with Crippen LogP contribution >= 0.6 is 11.3 Å². The van der Waals surface area contributed by atoms with Crippen molar-refractivity contribution in [3.05, 3.63) is 90.6 Å². The molecule has 1 atom stereocenters. The Labute approximate surface area is 201 Å². The molecule has 34 heavy (non-hydrogen) atoms. The van der Waals surface area contributed by atoms with Crippen molar-refractivity contribution in [2.45, 2.75) is 26.8 Å². The largest absolute Gasteiger partial charge is 0.493 e. The lowest BCUT2D eigenvalue weighted by Gasteiger charge is -2.24. The van der Waals surface area contributed by atoms with Gasteiger partial charge in [-0.15, -0.1) is 0 Å². The van der Waals surface area contributed by atoms with Crippen LogP contribution in [0.5, 0.6) is 11.5 Å². The molecule has 2 heterocycles. The van der Waals surface area contributed by atoms with Gasteiger partial charge in [-0.2, -0.15) is 0 Å². The van der Waals surface area contributed by atoms with E-state index in [-0.39, 0.29) is 12.2 Å². The van der Waals surface area contributed by atoms with Crippen LogP contribution in [0.1, 0.15) is 37.9 Å². The molecule has 0 saturated heterocycles. The summed E-state index contributed by atoms with van der Waals surface area (Å²) in [4.78, 5) is 31.6. The lowest BCUT2D eigenvalue weighted by molar-refractivity contribution is -0.139. The molecule has 1 aliphatic rings. The summed E-state index contributed by atoms with van der Waals surface area (Å²) < 4.78 is 18.4. The fourth-order valence-corrected chi connectivity index (χ4v) is 4.99. The molecule has 0 aliphatic carbocycles. The number of carbonyl (C=O) groups excluding carboxylic acids is 1. The number of ether oxygens (including phenoxy) is 3. The minimum atomic E-state index is -0.617. The van der Waals surface area contributed by atoms with Crippen molar-refractivity contribution in [3.8, 4) is 11.5 Å². The first kappa shape index (κ1) is 23.5. The third-order valence-electron chi connectivity index (χ3n) is 5.42. The van der Waals surface area contributed by atoms with Gasteiger partial charge in [-0.05, 0) is 50.1 Å². The van der Waals surface area contributed by atoms with Crippen LogP contribution in [0.15, 0.2) is 69.6 Å². The summed E-state index contributed by atoms with van der Waals surface area (Å²) >= 11 is 1.28. The van der Waals surface area contributed by atoms with E-state index >= 15 is 0 Å². The zero-order chi connectivity index (χ0) is 24.2. The Kier molecular flexibility index (Phi) is 6.98. The number of hydrogen-bond donors (Lipinski definition) is 0. The van der Waals surface area contributed by atoms with Gasteiger partial charge in [0.25, 0.3) is 5.56 Å². The van der Waals surface area contributed by atoms with Gasteiger partial charge in [0.1, 0.15) is 0 Å². The Morgan fingerprint density at radius 2 is 1.88 bits per heavy atom. The average Bonchev–Trinajstić information content (AvgIpc) is 3.14. The summed E-state index contributed by atoms with van der Waals surface area (Å²) in [5.74, 6) is 0.761. The van der Waals surface area contributed by atoms with Crippen LogP contribution < -0.4 is 24.4 Å². The highest BCUT2D eigenvalue weighted by Crippen LogP contribution is 2.31. The molecule has 0 fully saturated rings. The van der Waals surface area contributed by atoms with Crippen LogP contribution in [0.4, 0.5) is 0 Å². The quantitative estimate of drug-likeness (QED) is 0.488. The second kappa shape index (κ2) is 10.1. The number of fused-ring (bicyclic) bond motifs is 1. The maximum atomic E-state index is 13.6. The molecule has 1 aromatic heterocycles. The minimum Gasteiger partial charge on any atom is -0.493 e. The molecule has 0 radical (unpaired) electrons. The van der Waals surface area contributed by atoms with Crippen LogP contribution in [-0.2, 0) is 9.53 Å². The Morgan fingerprint density at radius 1 is 1.12 bits per heavy atom. The summed E-state index contributed by atoms with van der Waals surface area (Å²) in [6.45, 7) is 6.20. The van der Waals surface area contributed by atoms with Gasteiger partial charge in [0, 0.05) is 0 Å². The summed E-state index contributed by atoms with van der Waals surface area (Å²) in [7, 11) is 1.58. The van der Waals surface area contributed by atoms with E-state index in [0.29, 0.717) is 38.7 Å². The van der Waals surface area contributed by atoms with E-state index in [1.165, 1.54) is 11.3 Å². The number of nitrogens with zero attached hydrogens (tertiary/aromatic N) is 2. The lowest BCUT2D eigenvalue weighted by atomic mass is 9.96. The number of hydrogen-bond acceptors (Lipinski definition) is 7. The van der Waals surface area contributed by atoms with Crippen LogP contribution in [0.3, 0.4) is 0 Å². The first-order valence-electron chi connectivity index (χ1n) is 11.0. The summed E-state index contributed by atoms with van der Waals surface area (Å²) in [5, 5.41) is 0. The van der Waals surface area contributed by atoms with Gasteiger partial charge in [0.2, 0.25) is 0 Å². The summed E-state index contributed by atoms with van der Waals surface area (Å²) in [6, 6.07) is 14.4. The fourth-order valence-electron chi connectivity index (χ4n) is 3.94. The molecule has 0 bridgehead atoms. The fraction of sp³-hybridized carbons (Fsp3) is 0.269. The maximum Gasteiger partial charge on any atom is 0.338 e. The van der Waals surface area contributed by atoms with E-state index in [4.69, 9.17) is 14.2 Å².